The Kier molecular flexibility index (Phi) is 5.57. The van der Waals surface area contributed by atoms with Crippen LogP contribution in [-0.2, 0) is 11.2 Å². The largest absolute Gasteiger partial charge is 0.341 e. The molecule has 2 atom stereocenters. The van der Waals surface area contributed by atoms with Gasteiger partial charge in [-0.15, -0.1) is 11.3 Å². The number of piperazine rings is 1. The van der Waals surface area contributed by atoms with Gasteiger partial charge in [-0.3, -0.25) is 9.69 Å². The molecule has 4 nitrogen and oxygen atoms in total. The third-order valence-corrected chi connectivity index (χ3v) is 5.04. The van der Waals surface area contributed by atoms with Crippen LogP contribution in [-0.4, -0.2) is 61.0 Å². The van der Waals surface area contributed by atoms with Gasteiger partial charge in [0.15, 0.2) is 0 Å². The number of rotatable bonds is 5. The quantitative estimate of drug-likeness (QED) is 0.893. The van der Waals surface area contributed by atoms with E-state index in [1.807, 2.05) is 18.9 Å². The number of carbonyl (C=O) groups is 1. The van der Waals surface area contributed by atoms with Crippen molar-refractivity contribution >= 4 is 17.2 Å². The number of thiophene rings is 1. The van der Waals surface area contributed by atoms with Crippen LogP contribution in [0, 0.1) is 0 Å². The van der Waals surface area contributed by atoms with Crippen LogP contribution < -0.4 is 5.32 Å². The fourth-order valence-electron chi connectivity index (χ4n) is 2.59. The van der Waals surface area contributed by atoms with Crippen LogP contribution in [0.1, 0.15) is 18.7 Å². The van der Waals surface area contributed by atoms with Crippen molar-refractivity contribution < 1.29 is 4.79 Å². The minimum atomic E-state index is -0.0205. The minimum absolute atomic E-state index is 0.0205. The Labute approximate surface area is 125 Å². The molecule has 1 fully saturated rings. The molecule has 1 amide bonds. The molecule has 0 bridgehead atoms. The number of carbonyl (C=O) groups excluding carboxylic acids is 1. The zero-order valence-electron chi connectivity index (χ0n) is 12.6. The number of likely N-dealkylation sites (N-methyl/N-ethyl adjacent to an activating group) is 1. The SMILES string of the molecule is CC(C(=O)N(C)C(C)Cc1cccs1)N1CCNCC1. The highest BCUT2D eigenvalue weighted by Gasteiger charge is 2.27. The lowest BCUT2D eigenvalue weighted by atomic mass is 10.1. The zero-order valence-corrected chi connectivity index (χ0v) is 13.4. The maximum absolute atomic E-state index is 12.6. The summed E-state index contributed by atoms with van der Waals surface area (Å²) in [5.41, 5.74) is 0. The first kappa shape index (κ1) is 15.5. The van der Waals surface area contributed by atoms with Crippen LogP contribution in [0.5, 0.6) is 0 Å². The first-order valence-electron chi connectivity index (χ1n) is 7.33. The second-order valence-corrected chi connectivity index (χ2v) is 6.58. The van der Waals surface area contributed by atoms with Crippen molar-refractivity contribution in [1.82, 2.24) is 15.1 Å². The molecule has 5 heteroatoms. The number of hydrogen-bond donors (Lipinski definition) is 1. The van der Waals surface area contributed by atoms with Gasteiger partial charge in [0.25, 0.3) is 0 Å². The molecule has 20 heavy (non-hydrogen) atoms. The lowest BCUT2D eigenvalue weighted by molar-refractivity contribution is -0.137. The van der Waals surface area contributed by atoms with E-state index in [0.717, 1.165) is 32.6 Å². The van der Waals surface area contributed by atoms with E-state index in [0.29, 0.717) is 0 Å². The van der Waals surface area contributed by atoms with Crippen LogP contribution in [0.3, 0.4) is 0 Å². The molecule has 1 aliphatic rings. The lowest BCUT2D eigenvalue weighted by Crippen LogP contribution is -2.54. The summed E-state index contributed by atoms with van der Waals surface area (Å²) in [5, 5.41) is 5.42. The predicted octanol–water partition coefficient (Wildman–Crippen LogP) is 1.43. The molecule has 0 saturated carbocycles. The molecule has 0 aliphatic carbocycles. The summed E-state index contributed by atoms with van der Waals surface area (Å²) in [6.45, 7) is 8.03. The molecule has 1 aromatic rings. The number of amides is 1. The van der Waals surface area contributed by atoms with Gasteiger partial charge in [-0.25, -0.2) is 0 Å². The summed E-state index contributed by atoms with van der Waals surface area (Å²) < 4.78 is 0. The van der Waals surface area contributed by atoms with E-state index >= 15 is 0 Å². The van der Waals surface area contributed by atoms with Gasteiger partial charge in [0, 0.05) is 50.6 Å². The fraction of sp³-hybridized carbons (Fsp3) is 0.667. The molecule has 0 spiro atoms. The van der Waals surface area contributed by atoms with E-state index in [2.05, 4.69) is 34.7 Å². The van der Waals surface area contributed by atoms with E-state index < -0.39 is 0 Å². The van der Waals surface area contributed by atoms with Gasteiger partial charge in [-0.05, 0) is 25.3 Å². The summed E-state index contributed by atoms with van der Waals surface area (Å²) in [4.78, 5) is 18.1. The van der Waals surface area contributed by atoms with Crippen LogP contribution in [0.25, 0.3) is 0 Å². The number of nitrogens with zero attached hydrogens (tertiary/aromatic N) is 2. The van der Waals surface area contributed by atoms with Crippen molar-refractivity contribution in [2.45, 2.75) is 32.4 Å². The first-order valence-corrected chi connectivity index (χ1v) is 8.21. The van der Waals surface area contributed by atoms with Crippen molar-refractivity contribution in [1.29, 1.82) is 0 Å². The number of nitrogens with one attached hydrogen (secondary N) is 1. The summed E-state index contributed by atoms with van der Waals surface area (Å²) in [5.74, 6) is 0.232. The van der Waals surface area contributed by atoms with E-state index in [1.165, 1.54) is 4.88 Å². The Morgan fingerprint density at radius 1 is 1.45 bits per heavy atom. The minimum Gasteiger partial charge on any atom is -0.341 e. The molecule has 1 saturated heterocycles. The topological polar surface area (TPSA) is 35.6 Å². The predicted molar refractivity (Wildman–Crippen MR) is 84.2 cm³/mol. The van der Waals surface area contributed by atoms with Gasteiger partial charge in [-0.2, -0.15) is 0 Å². The van der Waals surface area contributed by atoms with Gasteiger partial charge in [0.05, 0.1) is 6.04 Å². The summed E-state index contributed by atoms with van der Waals surface area (Å²) in [6.07, 6.45) is 0.939. The van der Waals surface area contributed by atoms with Crippen LogP contribution in [0.2, 0.25) is 0 Å². The van der Waals surface area contributed by atoms with Crippen molar-refractivity contribution in [3.63, 3.8) is 0 Å². The van der Waals surface area contributed by atoms with E-state index in [-0.39, 0.29) is 18.0 Å². The standard InChI is InChI=1S/C15H25N3OS/c1-12(11-14-5-4-10-20-14)17(3)15(19)13(2)18-8-6-16-7-9-18/h4-5,10,12-13,16H,6-9,11H2,1-3H3. The van der Waals surface area contributed by atoms with Gasteiger partial charge in [-0.1, -0.05) is 6.07 Å². The van der Waals surface area contributed by atoms with Crippen LogP contribution in [0.15, 0.2) is 17.5 Å². The molecule has 2 rings (SSSR count). The molecule has 2 heterocycles. The highest BCUT2D eigenvalue weighted by molar-refractivity contribution is 7.09. The molecular weight excluding hydrogens is 270 g/mol. The summed E-state index contributed by atoms with van der Waals surface area (Å²) in [7, 11) is 1.93. The Balaban J connectivity index is 1.89. The summed E-state index contributed by atoms with van der Waals surface area (Å²) >= 11 is 1.76. The second-order valence-electron chi connectivity index (χ2n) is 5.54. The monoisotopic (exact) mass is 295 g/mol. The average molecular weight is 295 g/mol. The maximum Gasteiger partial charge on any atom is 0.239 e. The molecule has 1 aliphatic heterocycles. The number of hydrogen-bond acceptors (Lipinski definition) is 4. The molecule has 112 valence electrons. The molecule has 1 N–H and O–H groups in total. The Morgan fingerprint density at radius 3 is 2.75 bits per heavy atom. The smallest absolute Gasteiger partial charge is 0.239 e. The van der Waals surface area contributed by atoms with Gasteiger partial charge in [0.1, 0.15) is 0 Å². The van der Waals surface area contributed by atoms with E-state index in [9.17, 15) is 4.79 Å². The van der Waals surface area contributed by atoms with Crippen molar-refractivity contribution in [3.8, 4) is 0 Å². The average Bonchev–Trinajstić information content (AvgIpc) is 2.98. The maximum atomic E-state index is 12.6. The summed E-state index contributed by atoms with van der Waals surface area (Å²) in [6, 6.07) is 4.43. The molecule has 0 aromatic carbocycles. The lowest BCUT2D eigenvalue weighted by Gasteiger charge is -2.35. The van der Waals surface area contributed by atoms with E-state index in [4.69, 9.17) is 0 Å². The van der Waals surface area contributed by atoms with Crippen LogP contribution >= 0.6 is 11.3 Å². The van der Waals surface area contributed by atoms with Crippen molar-refractivity contribution in [2.75, 3.05) is 33.2 Å². The Morgan fingerprint density at radius 2 is 2.15 bits per heavy atom. The fourth-order valence-corrected chi connectivity index (χ4v) is 3.42. The molecular formula is C15H25N3OS. The Bertz CT molecular complexity index is 415. The van der Waals surface area contributed by atoms with Gasteiger partial charge in [0.2, 0.25) is 5.91 Å². The van der Waals surface area contributed by atoms with Crippen molar-refractivity contribution in [2.24, 2.45) is 0 Å². The highest BCUT2D eigenvalue weighted by atomic mass is 32.1. The molecule has 0 radical (unpaired) electrons. The third kappa shape index (κ3) is 3.81. The van der Waals surface area contributed by atoms with Gasteiger partial charge >= 0.3 is 0 Å². The molecule has 1 aromatic heterocycles. The Hall–Kier alpha value is -0.910. The van der Waals surface area contributed by atoms with Gasteiger partial charge < -0.3 is 10.2 Å². The second kappa shape index (κ2) is 7.20. The van der Waals surface area contributed by atoms with Crippen molar-refractivity contribution in [3.05, 3.63) is 22.4 Å². The van der Waals surface area contributed by atoms with Crippen LogP contribution in [0.4, 0.5) is 0 Å². The third-order valence-electron chi connectivity index (χ3n) is 4.14. The first-order chi connectivity index (χ1) is 9.59. The molecule has 2 unspecified atom stereocenters. The van der Waals surface area contributed by atoms with E-state index in [1.54, 1.807) is 11.3 Å². The normalized spacial score (nSPS) is 19.6. The highest BCUT2D eigenvalue weighted by Crippen LogP contribution is 2.15. The zero-order chi connectivity index (χ0) is 14.5.